The van der Waals surface area contributed by atoms with Gasteiger partial charge in [-0.2, -0.15) is 13.2 Å². The number of aromatic nitrogens is 1. The standard InChI is InChI=1S/C11H11F3N2O3/c1-6(10(18)19)16(2)9(17)7-3-4-8(15-5-7)11(12,13)14/h3-6H,1-2H3,(H,18,19). The first-order valence-electron chi connectivity index (χ1n) is 5.18. The fraction of sp³-hybridized carbons (Fsp3) is 0.364. The zero-order valence-corrected chi connectivity index (χ0v) is 10.1. The van der Waals surface area contributed by atoms with Crippen LogP contribution in [0.15, 0.2) is 18.3 Å². The normalized spacial score (nSPS) is 12.9. The van der Waals surface area contributed by atoms with Gasteiger partial charge in [0.25, 0.3) is 5.91 Å². The number of hydrogen-bond donors (Lipinski definition) is 1. The number of carbonyl (C=O) groups is 2. The second kappa shape index (κ2) is 5.25. The SMILES string of the molecule is CC(C(=O)O)N(C)C(=O)c1ccc(C(F)(F)F)nc1. The molecule has 1 N–H and O–H groups in total. The molecule has 1 atom stereocenters. The molecular formula is C11H11F3N2O3. The van der Waals surface area contributed by atoms with Crippen LogP contribution in [-0.4, -0.2) is 40.0 Å². The van der Waals surface area contributed by atoms with Crippen molar-refractivity contribution in [1.29, 1.82) is 0 Å². The molecule has 0 aliphatic heterocycles. The Kier molecular flexibility index (Phi) is 4.13. The van der Waals surface area contributed by atoms with Crippen molar-refractivity contribution in [2.45, 2.75) is 19.1 Å². The number of carboxylic acids is 1. The highest BCUT2D eigenvalue weighted by molar-refractivity contribution is 5.96. The average molecular weight is 276 g/mol. The van der Waals surface area contributed by atoms with Crippen molar-refractivity contribution >= 4 is 11.9 Å². The lowest BCUT2D eigenvalue weighted by Gasteiger charge is -2.21. The molecule has 1 amide bonds. The van der Waals surface area contributed by atoms with Gasteiger partial charge in [0.1, 0.15) is 11.7 Å². The van der Waals surface area contributed by atoms with Gasteiger partial charge in [0.2, 0.25) is 0 Å². The number of aliphatic carboxylic acids is 1. The Morgan fingerprint density at radius 3 is 2.32 bits per heavy atom. The van der Waals surface area contributed by atoms with Crippen molar-refractivity contribution in [3.8, 4) is 0 Å². The number of alkyl halides is 3. The van der Waals surface area contributed by atoms with E-state index in [0.717, 1.165) is 17.2 Å². The molecule has 104 valence electrons. The van der Waals surface area contributed by atoms with Crippen LogP contribution in [0.1, 0.15) is 23.0 Å². The Morgan fingerprint density at radius 2 is 1.95 bits per heavy atom. The Morgan fingerprint density at radius 1 is 1.37 bits per heavy atom. The molecule has 0 aliphatic carbocycles. The summed E-state index contributed by atoms with van der Waals surface area (Å²) in [6, 6.07) is 0.547. The van der Waals surface area contributed by atoms with Crippen molar-refractivity contribution in [2.75, 3.05) is 7.05 Å². The van der Waals surface area contributed by atoms with Gasteiger partial charge in [-0.3, -0.25) is 9.78 Å². The molecule has 19 heavy (non-hydrogen) atoms. The van der Waals surface area contributed by atoms with E-state index in [4.69, 9.17) is 5.11 Å². The predicted molar refractivity (Wildman–Crippen MR) is 58.4 cm³/mol. The molecule has 0 spiro atoms. The summed E-state index contributed by atoms with van der Waals surface area (Å²) >= 11 is 0. The van der Waals surface area contributed by atoms with Gasteiger partial charge >= 0.3 is 12.1 Å². The lowest BCUT2D eigenvalue weighted by molar-refractivity contribution is -0.141. The molecule has 1 aromatic heterocycles. The number of halogens is 3. The number of pyridine rings is 1. The molecule has 0 aromatic carbocycles. The van der Waals surface area contributed by atoms with Crippen LogP contribution in [0, 0.1) is 0 Å². The van der Waals surface area contributed by atoms with Crippen molar-refractivity contribution in [1.82, 2.24) is 9.88 Å². The smallest absolute Gasteiger partial charge is 0.433 e. The zero-order valence-electron chi connectivity index (χ0n) is 10.1. The average Bonchev–Trinajstić information content (AvgIpc) is 2.35. The Balaban J connectivity index is 2.93. The molecular weight excluding hydrogens is 265 g/mol. The van der Waals surface area contributed by atoms with Crippen LogP contribution in [0.2, 0.25) is 0 Å². The van der Waals surface area contributed by atoms with Crippen molar-refractivity contribution < 1.29 is 27.9 Å². The minimum absolute atomic E-state index is 0.108. The Bertz CT molecular complexity index is 485. The number of rotatable bonds is 3. The number of carboxylic acid groups (broad SMARTS) is 1. The molecule has 0 aliphatic rings. The number of carbonyl (C=O) groups excluding carboxylic acids is 1. The minimum Gasteiger partial charge on any atom is -0.480 e. The van der Waals surface area contributed by atoms with E-state index >= 15 is 0 Å². The van der Waals surface area contributed by atoms with Gasteiger partial charge in [0.05, 0.1) is 5.56 Å². The van der Waals surface area contributed by atoms with Gasteiger partial charge in [-0.15, -0.1) is 0 Å². The summed E-state index contributed by atoms with van der Waals surface area (Å²) in [5, 5.41) is 8.74. The topological polar surface area (TPSA) is 70.5 Å². The zero-order chi connectivity index (χ0) is 14.8. The highest BCUT2D eigenvalue weighted by Gasteiger charge is 2.32. The first kappa shape index (κ1) is 14.9. The van der Waals surface area contributed by atoms with Gasteiger partial charge in [0.15, 0.2) is 0 Å². The van der Waals surface area contributed by atoms with E-state index in [1.165, 1.54) is 14.0 Å². The van der Waals surface area contributed by atoms with E-state index < -0.39 is 29.8 Å². The summed E-state index contributed by atoms with van der Waals surface area (Å²) in [4.78, 5) is 26.5. The van der Waals surface area contributed by atoms with E-state index in [2.05, 4.69) is 4.98 Å². The fourth-order valence-electron chi connectivity index (χ4n) is 1.23. The minimum atomic E-state index is -4.58. The first-order chi connectivity index (χ1) is 8.64. The monoisotopic (exact) mass is 276 g/mol. The van der Waals surface area contributed by atoms with Crippen molar-refractivity contribution in [2.24, 2.45) is 0 Å². The third-order valence-electron chi connectivity index (χ3n) is 2.56. The van der Waals surface area contributed by atoms with Crippen LogP contribution < -0.4 is 0 Å². The molecule has 1 aromatic rings. The van der Waals surface area contributed by atoms with Crippen LogP contribution >= 0.6 is 0 Å². The number of likely N-dealkylation sites (N-methyl/N-ethyl adjacent to an activating group) is 1. The third-order valence-corrected chi connectivity index (χ3v) is 2.56. The van der Waals surface area contributed by atoms with Crippen LogP contribution in [0.25, 0.3) is 0 Å². The maximum Gasteiger partial charge on any atom is 0.433 e. The third kappa shape index (κ3) is 3.43. The van der Waals surface area contributed by atoms with Crippen LogP contribution in [0.4, 0.5) is 13.2 Å². The van der Waals surface area contributed by atoms with E-state index in [1.807, 2.05) is 0 Å². The second-order valence-electron chi connectivity index (χ2n) is 3.86. The van der Waals surface area contributed by atoms with E-state index in [1.54, 1.807) is 0 Å². The van der Waals surface area contributed by atoms with E-state index in [9.17, 15) is 22.8 Å². The van der Waals surface area contributed by atoms with E-state index in [0.29, 0.717) is 6.07 Å². The summed E-state index contributed by atoms with van der Waals surface area (Å²) in [6.07, 6.45) is -3.81. The lowest BCUT2D eigenvalue weighted by Crippen LogP contribution is -2.40. The molecule has 0 radical (unpaired) electrons. The van der Waals surface area contributed by atoms with Gasteiger partial charge in [-0.25, -0.2) is 4.79 Å². The summed E-state index contributed by atoms with van der Waals surface area (Å²) in [5.41, 5.74) is -1.22. The maximum atomic E-state index is 12.3. The quantitative estimate of drug-likeness (QED) is 0.911. The summed E-state index contributed by atoms with van der Waals surface area (Å²) in [5.74, 6) is -1.92. The Hall–Kier alpha value is -2.12. The molecule has 1 unspecified atom stereocenters. The predicted octanol–water partition coefficient (Wildman–Crippen LogP) is 1.65. The van der Waals surface area contributed by atoms with Gasteiger partial charge in [-0.1, -0.05) is 0 Å². The van der Waals surface area contributed by atoms with Gasteiger partial charge in [-0.05, 0) is 19.1 Å². The highest BCUT2D eigenvalue weighted by Crippen LogP contribution is 2.27. The summed E-state index contributed by atoms with van der Waals surface area (Å²) in [6.45, 7) is 1.29. The molecule has 0 bridgehead atoms. The van der Waals surface area contributed by atoms with Crippen molar-refractivity contribution in [3.05, 3.63) is 29.6 Å². The molecule has 5 nitrogen and oxygen atoms in total. The highest BCUT2D eigenvalue weighted by atomic mass is 19.4. The number of hydrogen-bond acceptors (Lipinski definition) is 3. The summed E-state index contributed by atoms with van der Waals surface area (Å²) < 4.78 is 36.8. The first-order valence-corrected chi connectivity index (χ1v) is 5.18. The fourth-order valence-corrected chi connectivity index (χ4v) is 1.23. The molecule has 0 saturated carbocycles. The van der Waals surface area contributed by atoms with Crippen LogP contribution in [0.3, 0.4) is 0 Å². The molecule has 1 heterocycles. The van der Waals surface area contributed by atoms with Crippen LogP contribution in [0.5, 0.6) is 0 Å². The number of nitrogens with zero attached hydrogens (tertiary/aromatic N) is 2. The summed E-state index contributed by atoms with van der Waals surface area (Å²) in [7, 11) is 1.25. The second-order valence-corrected chi connectivity index (χ2v) is 3.86. The van der Waals surface area contributed by atoms with Crippen LogP contribution in [-0.2, 0) is 11.0 Å². The van der Waals surface area contributed by atoms with E-state index in [-0.39, 0.29) is 5.56 Å². The molecule has 8 heteroatoms. The molecule has 0 fully saturated rings. The number of amides is 1. The largest absolute Gasteiger partial charge is 0.480 e. The Labute approximate surface area is 106 Å². The maximum absolute atomic E-state index is 12.3. The lowest BCUT2D eigenvalue weighted by atomic mass is 10.2. The van der Waals surface area contributed by atoms with Gasteiger partial charge < -0.3 is 10.0 Å². The molecule has 1 rings (SSSR count). The van der Waals surface area contributed by atoms with Crippen molar-refractivity contribution in [3.63, 3.8) is 0 Å². The molecule has 0 saturated heterocycles. The van der Waals surface area contributed by atoms with Gasteiger partial charge in [0, 0.05) is 13.2 Å².